The van der Waals surface area contributed by atoms with Gasteiger partial charge >= 0.3 is 6.18 Å². The van der Waals surface area contributed by atoms with Crippen LogP contribution in [0.15, 0.2) is 64.1 Å². The van der Waals surface area contributed by atoms with Gasteiger partial charge in [-0.25, -0.2) is 0 Å². The lowest BCUT2D eigenvalue weighted by molar-refractivity contribution is -0.141. The van der Waals surface area contributed by atoms with Gasteiger partial charge in [0.05, 0.1) is 5.69 Å². The number of rotatable bonds is 4. The average molecular weight is 506 g/mol. The number of halogens is 4. The monoisotopic (exact) mass is 505 g/mol. The molecular weight excluding hydrogens is 483 g/mol. The van der Waals surface area contributed by atoms with E-state index < -0.39 is 11.9 Å². The van der Waals surface area contributed by atoms with Gasteiger partial charge in [-0.2, -0.15) is 13.2 Å². The van der Waals surface area contributed by atoms with Crippen molar-refractivity contribution in [3.63, 3.8) is 0 Å². The van der Waals surface area contributed by atoms with Gasteiger partial charge in [0.1, 0.15) is 29.4 Å². The summed E-state index contributed by atoms with van der Waals surface area (Å²) in [5.41, 5.74) is 1.88. The number of likely N-dealkylation sites (N-methyl/N-ethyl adjacent to an activating group) is 1. The number of hydrogen-bond donors (Lipinski definition) is 0. The van der Waals surface area contributed by atoms with Crippen LogP contribution >= 0.6 is 12.4 Å². The summed E-state index contributed by atoms with van der Waals surface area (Å²) in [6, 6.07) is 10.9. The van der Waals surface area contributed by atoms with Crippen LogP contribution in [0.1, 0.15) is 22.6 Å². The van der Waals surface area contributed by atoms with Gasteiger partial charge < -0.3 is 14.1 Å². The number of benzene rings is 1. The van der Waals surface area contributed by atoms with Gasteiger partial charge in [-0.1, -0.05) is 6.07 Å². The number of ether oxygens (including phenoxy) is 1. The predicted octanol–water partition coefficient (Wildman–Crippen LogP) is 5.03. The zero-order valence-electron chi connectivity index (χ0n) is 18.8. The maximum absolute atomic E-state index is 12.7. The number of furan rings is 1. The van der Waals surface area contributed by atoms with Crippen LogP contribution in [0.3, 0.4) is 0 Å². The van der Waals surface area contributed by atoms with Crippen molar-refractivity contribution in [3.8, 4) is 11.4 Å². The minimum absolute atomic E-state index is 0. The van der Waals surface area contributed by atoms with Crippen molar-refractivity contribution in [1.29, 1.82) is 0 Å². The third-order valence-corrected chi connectivity index (χ3v) is 6.01. The Morgan fingerprint density at radius 2 is 1.89 bits per heavy atom. The van der Waals surface area contributed by atoms with E-state index in [4.69, 9.17) is 9.15 Å². The van der Waals surface area contributed by atoms with E-state index >= 15 is 0 Å². The van der Waals surface area contributed by atoms with Gasteiger partial charge in [0.15, 0.2) is 0 Å². The van der Waals surface area contributed by atoms with Gasteiger partial charge in [-0.3, -0.25) is 14.3 Å². The van der Waals surface area contributed by atoms with Crippen LogP contribution in [0, 0.1) is 0 Å². The molecule has 0 bridgehead atoms. The van der Waals surface area contributed by atoms with E-state index in [2.05, 4.69) is 16.9 Å². The summed E-state index contributed by atoms with van der Waals surface area (Å²) in [4.78, 5) is 18.4. The second-order valence-corrected chi connectivity index (χ2v) is 8.40. The van der Waals surface area contributed by atoms with Gasteiger partial charge in [-0.15, -0.1) is 12.4 Å². The van der Waals surface area contributed by atoms with Crippen LogP contribution in [0.5, 0.6) is 5.75 Å². The number of hydrogen-bond acceptors (Lipinski definition) is 5. The minimum Gasteiger partial charge on any atom is -0.489 e. The zero-order valence-corrected chi connectivity index (χ0v) is 19.7. The van der Waals surface area contributed by atoms with Gasteiger partial charge in [-0.05, 0) is 37.7 Å². The van der Waals surface area contributed by atoms with Crippen molar-refractivity contribution in [1.82, 2.24) is 14.5 Å². The first-order chi connectivity index (χ1) is 16.3. The predicted molar refractivity (Wildman–Crippen MR) is 128 cm³/mol. The highest BCUT2D eigenvalue weighted by molar-refractivity contribution is 5.85. The largest absolute Gasteiger partial charge is 0.489 e. The maximum atomic E-state index is 12.7. The SMILES string of the molecule is CN1CCc2oc3cc(-n4ccc(OCc5ccc(C(F)(F)F)nc5)cc4=O)ccc3c2CC1.Cl. The van der Waals surface area contributed by atoms with Crippen molar-refractivity contribution in [2.24, 2.45) is 0 Å². The minimum atomic E-state index is -4.49. The van der Waals surface area contributed by atoms with Crippen molar-refractivity contribution in [2.75, 3.05) is 20.1 Å². The number of fused-ring (bicyclic) bond motifs is 3. The second kappa shape index (κ2) is 9.75. The molecule has 4 aromatic rings. The maximum Gasteiger partial charge on any atom is 0.433 e. The average Bonchev–Trinajstić information content (AvgIpc) is 3.06. The molecular formula is C25H23ClF3N3O3. The first kappa shape index (κ1) is 24.8. The Balaban J connectivity index is 0.00000289. The Bertz CT molecular complexity index is 1400. The molecule has 5 rings (SSSR count). The first-order valence-corrected chi connectivity index (χ1v) is 10.9. The Hall–Kier alpha value is -3.30. The molecule has 0 aliphatic carbocycles. The summed E-state index contributed by atoms with van der Waals surface area (Å²) in [6.45, 7) is 1.92. The van der Waals surface area contributed by atoms with Gasteiger partial charge in [0.25, 0.3) is 5.56 Å². The lowest BCUT2D eigenvalue weighted by Gasteiger charge is -2.11. The molecule has 0 fully saturated rings. The van der Waals surface area contributed by atoms with Crippen LogP contribution in [-0.4, -0.2) is 34.6 Å². The fourth-order valence-corrected chi connectivity index (χ4v) is 4.13. The molecule has 4 heterocycles. The van der Waals surface area contributed by atoms with Crippen molar-refractivity contribution in [2.45, 2.75) is 25.6 Å². The smallest absolute Gasteiger partial charge is 0.433 e. The molecule has 6 nitrogen and oxygen atoms in total. The normalized spacial score (nSPS) is 14.3. The second-order valence-electron chi connectivity index (χ2n) is 8.40. The molecule has 0 saturated heterocycles. The van der Waals surface area contributed by atoms with E-state index in [1.807, 2.05) is 18.2 Å². The fraction of sp³-hybridized carbons (Fsp3) is 0.280. The molecule has 3 aromatic heterocycles. The van der Waals surface area contributed by atoms with Gasteiger partial charge in [0, 0.05) is 60.5 Å². The summed E-state index contributed by atoms with van der Waals surface area (Å²) >= 11 is 0. The highest BCUT2D eigenvalue weighted by atomic mass is 35.5. The molecule has 0 radical (unpaired) electrons. The van der Waals surface area contributed by atoms with Crippen LogP contribution in [-0.2, 0) is 25.6 Å². The Morgan fingerprint density at radius 3 is 2.60 bits per heavy atom. The molecule has 0 amide bonds. The van der Waals surface area contributed by atoms with E-state index in [1.165, 1.54) is 22.3 Å². The number of pyridine rings is 2. The summed E-state index contributed by atoms with van der Waals surface area (Å²) in [6.07, 6.45) is 0.0156. The molecule has 1 aromatic carbocycles. The molecule has 1 aliphatic rings. The standard InChI is InChI=1S/C25H22F3N3O3.ClH/c1-30-9-7-20-19-4-3-17(12-22(19)34-21(20)8-10-30)31-11-6-18(13-24(31)32)33-15-16-2-5-23(29-14-16)25(26,27)28;/h2-6,11-14H,7-10,15H2,1H3;1H. The Labute approximate surface area is 205 Å². The Morgan fingerprint density at radius 1 is 1.09 bits per heavy atom. The van der Waals surface area contributed by atoms with E-state index in [1.54, 1.807) is 12.3 Å². The molecule has 35 heavy (non-hydrogen) atoms. The first-order valence-electron chi connectivity index (χ1n) is 10.9. The zero-order chi connectivity index (χ0) is 23.9. The molecule has 0 saturated carbocycles. The van der Waals surface area contributed by atoms with E-state index in [0.717, 1.165) is 54.9 Å². The molecule has 0 atom stereocenters. The highest BCUT2D eigenvalue weighted by Gasteiger charge is 2.32. The summed E-state index contributed by atoms with van der Waals surface area (Å²) in [7, 11) is 2.10. The van der Waals surface area contributed by atoms with Crippen LogP contribution in [0.2, 0.25) is 0 Å². The number of alkyl halides is 3. The number of nitrogens with zero attached hydrogens (tertiary/aromatic N) is 3. The topological polar surface area (TPSA) is 60.5 Å². The summed E-state index contributed by atoms with van der Waals surface area (Å²) < 4.78 is 51.1. The molecule has 0 N–H and O–H groups in total. The van der Waals surface area contributed by atoms with Crippen molar-refractivity contribution >= 4 is 23.4 Å². The third kappa shape index (κ3) is 5.21. The van der Waals surface area contributed by atoms with E-state index in [9.17, 15) is 18.0 Å². The molecule has 0 spiro atoms. The van der Waals surface area contributed by atoms with Crippen LogP contribution in [0.4, 0.5) is 13.2 Å². The molecule has 10 heteroatoms. The lowest BCUT2D eigenvalue weighted by atomic mass is 10.1. The number of aromatic nitrogens is 2. The lowest BCUT2D eigenvalue weighted by Crippen LogP contribution is -2.20. The quantitative estimate of drug-likeness (QED) is 0.389. The summed E-state index contributed by atoms with van der Waals surface area (Å²) in [5, 5.41) is 1.08. The van der Waals surface area contributed by atoms with E-state index in [-0.39, 0.29) is 24.6 Å². The van der Waals surface area contributed by atoms with Gasteiger partial charge in [0.2, 0.25) is 0 Å². The van der Waals surface area contributed by atoms with Crippen molar-refractivity contribution < 1.29 is 22.3 Å². The molecule has 184 valence electrons. The van der Waals surface area contributed by atoms with Crippen LogP contribution < -0.4 is 10.3 Å². The third-order valence-electron chi connectivity index (χ3n) is 6.01. The summed E-state index contributed by atoms with van der Waals surface area (Å²) in [5.74, 6) is 1.32. The molecule has 0 unspecified atom stereocenters. The molecule has 1 aliphatic heterocycles. The van der Waals surface area contributed by atoms with Crippen LogP contribution in [0.25, 0.3) is 16.7 Å². The highest BCUT2D eigenvalue weighted by Crippen LogP contribution is 2.30. The fourth-order valence-electron chi connectivity index (χ4n) is 4.13. The Kier molecular flexibility index (Phi) is 6.91. The van der Waals surface area contributed by atoms with Crippen molar-refractivity contribution in [3.05, 3.63) is 87.8 Å². The van der Waals surface area contributed by atoms with E-state index in [0.29, 0.717) is 17.0 Å².